The van der Waals surface area contributed by atoms with E-state index in [2.05, 4.69) is 5.10 Å². The Morgan fingerprint density at radius 1 is 1.11 bits per heavy atom. The van der Waals surface area contributed by atoms with Gasteiger partial charge in [0.05, 0.1) is 6.54 Å². The first-order valence-corrected chi connectivity index (χ1v) is 8.83. The van der Waals surface area contributed by atoms with Crippen molar-refractivity contribution in [2.24, 2.45) is 7.05 Å². The maximum atomic E-state index is 13.2. The Balaban J connectivity index is 1.65. The number of fused-ring (bicyclic) bond motifs is 1. The molecule has 1 amide bonds. The molecular formula is C21H21N3O3. The Morgan fingerprint density at radius 2 is 1.93 bits per heavy atom. The molecular weight excluding hydrogens is 342 g/mol. The Morgan fingerprint density at radius 3 is 2.67 bits per heavy atom. The molecule has 27 heavy (non-hydrogen) atoms. The van der Waals surface area contributed by atoms with E-state index in [1.807, 2.05) is 68.6 Å². The molecule has 0 radical (unpaired) electrons. The number of hydrogen-bond acceptors (Lipinski definition) is 4. The minimum absolute atomic E-state index is 0.112. The van der Waals surface area contributed by atoms with Crippen LogP contribution in [0.2, 0.25) is 0 Å². The number of para-hydroxylation sites is 1. The molecule has 1 aliphatic rings. The van der Waals surface area contributed by atoms with Crippen LogP contribution in [0.4, 0.5) is 0 Å². The summed E-state index contributed by atoms with van der Waals surface area (Å²) in [6.45, 7) is 3.04. The number of carbonyl (C=O) groups is 1. The fraction of sp³-hybridized carbons (Fsp3) is 0.238. The number of nitrogens with zero attached hydrogens (tertiary/aromatic N) is 3. The van der Waals surface area contributed by atoms with Crippen LogP contribution in [0, 0.1) is 6.92 Å². The summed E-state index contributed by atoms with van der Waals surface area (Å²) in [4.78, 5) is 15.0. The van der Waals surface area contributed by atoms with Crippen LogP contribution in [0.15, 0.2) is 54.6 Å². The van der Waals surface area contributed by atoms with Crippen LogP contribution in [0.25, 0.3) is 0 Å². The highest BCUT2D eigenvalue weighted by atomic mass is 16.7. The third kappa shape index (κ3) is 3.51. The molecule has 0 bridgehead atoms. The largest absolute Gasteiger partial charge is 0.454 e. The number of amides is 1. The highest BCUT2D eigenvalue weighted by molar-refractivity contribution is 5.92. The third-order valence-electron chi connectivity index (χ3n) is 4.68. The number of carbonyl (C=O) groups excluding carboxylic acids is 1. The Kier molecular flexibility index (Phi) is 4.54. The van der Waals surface area contributed by atoms with Crippen LogP contribution in [0.3, 0.4) is 0 Å². The van der Waals surface area contributed by atoms with Gasteiger partial charge in [0.1, 0.15) is 0 Å². The first-order chi connectivity index (χ1) is 13.1. The van der Waals surface area contributed by atoms with Gasteiger partial charge in [0, 0.05) is 24.8 Å². The van der Waals surface area contributed by atoms with Crippen molar-refractivity contribution < 1.29 is 14.3 Å². The summed E-state index contributed by atoms with van der Waals surface area (Å²) < 4.78 is 12.8. The summed E-state index contributed by atoms with van der Waals surface area (Å²) >= 11 is 0. The lowest BCUT2D eigenvalue weighted by atomic mass is 10.1. The second-order valence-electron chi connectivity index (χ2n) is 6.59. The van der Waals surface area contributed by atoms with Gasteiger partial charge in [-0.3, -0.25) is 9.48 Å². The van der Waals surface area contributed by atoms with Crippen molar-refractivity contribution in [3.05, 3.63) is 77.1 Å². The molecule has 0 unspecified atom stereocenters. The van der Waals surface area contributed by atoms with E-state index >= 15 is 0 Å². The van der Waals surface area contributed by atoms with Crippen LogP contribution >= 0.6 is 0 Å². The average Bonchev–Trinajstić information content (AvgIpc) is 3.29. The number of hydrogen-bond donors (Lipinski definition) is 0. The second-order valence-corrected chi connectivity index (χ2v) is 6.59. The maximum Gasteiger partial charge on any atom is 0.274 e. The molecule has 0 aliphatic carbocycles. The Labute approximate surface area is 157 Å². The molecule has 0 N–H and O–H groups in total. The van der Waals surface area contributed by atoms with Crippen LogP contribution in [-0.4, -0.2) is 27.4 Å². The lowest BCUT2D eigenvalue weighted by Gasteiger charge is -2.23. The molecule has 138 valence electrons. The zero-order valence-electron chi connectivity index (χ0n) is 15.4. The first-order valence-electron chi connectivity index (χ1n) is 8.83. The van der Waals surface area contributed by atoms with Crippen molar-refractivity contribution in [3.63, 3.8) is 0 Å². The Bertz CT molecular complexity index is 947. The third-order valence-corrected chi connectivity index (χ3v) is 4.68. The number of benzene rings is 2. The normalized spacial score (nSPS) is 12.2. The first kappa shape index (κ1) is 17.1. The fourth-order valence-corrected chi connectivity index (χ4v) is 3.15. The van der Waals surface area contributed by atoms with E-state index < -0.39 is 0 Å². The van der Waals surface area contributed by atoms with E-state index in [1.54, 1.807) is 9.58 Å². The van der Waals surface area contributed by atoms with Crippen molar-refractivity contribution in [3.8, 4) is 11.5 Å². The highest BCUT2D eigenvalue weighted by Gasteiger charge is 2.24. The molecule has 2 heterocycles. The summed E-state index contributed by atoms with van der Waals surface area (Å²) in [5.74, 6) is 1.31. The van der Waals surface area contributed by atoms with E-state index in [4.69, 9.17) is 9.47 Å². The van der Waals surface area contributed by atoms with Gasteiger partial charge < -0.3 is 14.4 Å². The lowest BCUT2D eigenvalue weighted by molar-refractivity contribution is 0.0721. The average molecular weight is 363 g/mol. The van der Waals surface area contributed by atoms with Gasteiger partial charge in [0.25, 0.3) is 5.91 Å². The van der Waals surface area contributed by atoms with Crippen molar-refractivity contribution in [1.82, 2.24) is 14.7 Å². The second kappa shape index (κ2) is 7.15. The Hall–Kier alpha value is -3.28. The number of aryl methyl sites for hydroxylation is 2. The summed E-state index contributed by atoms with van der Waals surface area (Å²) in [5, 5.41) is 4.36. The summed E-state index contributed by atoms with van der Waals surface area (Å²) in [6.07, 6.45) is 0. The van der Waals surface area contributed by atoms with E-state index in [0.717, 1.165) is 16.8 Å². The number of aromatic nitrogens is 2. The molecule has 1 aliphatic heterocycles. The summed E-state index contributed by atoms with van der Waals surface area (Å²) in [7, 11) is 1.84. The van der Waals surface area contributed by atoms with Gasteiger partial charge in [-0.1, -0.05) is 42.5 Å². The molecule has 0 saturated carbocycles. The molecule has 4 rings (SSSR count). The molecule has 3 aromatic rings. The smallest absolute Gasteiger partial charge is 0.274 e. The lowest BCUT2D eigenvalue weighted by Crippen LogP contribution is -2.30. The van der Waals surface area contributed by atoms with Gasteiger partial charge in [-0.2, -0.15) is 5.10 Å². The van der Waals surface area contributed by atoms with Crippen LogP contribution < -0.4 is 9.47 Å². The predicted molar refractivity (Wildman–Crippen MR) is 101 cm³/mol. The molecule has 0 saturated heterocycles. The SMILES string of the molecule is Cc1cc(C(=O)N(Cc2ccccc2)Cc2cccc3c2OCO3)nn1C. The molecule has 0 spiro atoms. The zero-order chi connectivity index (χ0) is 18.8. The fourth-order valence-electron chi connectivity index (χ4n) is 3.15. The minimum Gasteiger partial charge on any atom is -0.454 e. The van der Waals surface area contributed by atoms with Gasteiger partial charge in [-0.15, -0.1) is 0 Å². The molecule has 6 heteroatoms. The monoisotopic (exact) mass is 363 g/mol. The van der Waals surface area contributed by atoms with Crippen LogP contribution in [-0.2, 0) is 20.1 Å². The van der Waals surface area contributed by atoms with E-state index in [-0.39, 0.29) is 12.7 Å². The predicted octanol–water partition coefficient (Wildman–Crippen LogP) is 3.30. The van der Waals surface area contributed by atoms with Gasteiger partial charge >= 0.3 is 0 Å². The van der Waals surface area contributed by atoms with Crippen molar-refractivity contribution >= 4 is 5.91 Å². The van der Waals surface area contributed by atoms with Gasteiger partial charge in [-0.05, 0) is 24.6 Å². The van der Waals surface area contributed by atoms with Crippen molar-refractivity contribution in [2.75, 3.05) is 6.79 Å². The van der Waals surface area contributed by atoms with E-state index in [1.165, 1.54) is 0 Å². The molecule has 2 aromatic carbocycles. The van der Waals surface area contributed by atoms with Crippen LogP contribution in [0.5, 0.6) is 11.5 Å². The van der Waals surface area contributed by atoms with Gasteiger partial charge in [0.2, 0.25) is 6.79 Å². The standard InChI is InChI=1S/C21H21N3O3/c1-15-11-18(22-23(15)2)21(25)24(12-16-7-4-3-5-8-16)13-17-9-6-10-19-20(17)27-14-26-19/h3-11H,12-14H2,1-2H3. The van der Waals surface area contributed by atoms with Crippen LogP contribution in [0.1, 0.15) is 27.3 Å². The molecule has 1 aromatic heterocycles. The van der Waals surface area contributed by atoms with E-state index in [0.29, 0.717) is 30.3 Å². The maximum absolute atomic E-state index is 13.2. The highest BCUT2D eigenvalue weighted by Crippen LogP contribution is 2.36. The minimum atomic E-state index is -0.112. The van der Waals surface area contributed by atoms with Crippen molar-refractivity contribution in [1.29, 1.82) is 0 Å². The van der Waals surface area contributed by atoms with Gasteiger partial charge in [-0.25, -0.2) is 0 Å². The topological polar surface area (TPSA) is 56.6 Å². The zero-order valence-corrected chi connectivity index (χ0v) is 15.4. The molecule has 0 atom stereocenters. The number of rotatable bonds is 5. The molecule has 0 fully saturated rings. The van der Waals surface area contributed by atoms with Crippen molar-refractivity contribution in [2.45, 2.75) is 20.0 Å². The number of ether oxygens (including phenoxy) is 2. The van der Waals surface area contributed by atoms with Gasteiger partial charge in [0.15, 0.2) is 17.2 Å². The molecule has 6 nitrogen and oxygen atoms in total. The quantitative estimate of drug-likeness (QED) is 0.698. The van der Waals surface area contributed by atoms with E-state index in [9.17, 15) is 4.79 Å². The summed E-state index contributed by atoms with van der Waals surface area (Å²) in [5.41, 5.74) is 3.36. The summed E-state index contributed by atoms with van der Waals surface area (Å²) in [6, 6.07) is 17.5.